The minimum Gasteiger partial charge on any atom is -0.478 e. The van der Waals surface area contributed by atoms with E-state index in [4.69, 9.17) is 5.11 Å². The second-order valence-electron chi connectivity index (χ2n) is 2.82. The first-order valence-electron chi connectivity index (χ1n) is 4.05. The fraction of sp³-hybridized carbons (Fsp3) is 0.333. The van der Waals surface area contributed by atoms with Crippen LogP contribution in [0.4, 0.5) is 8.78 Å². The first-order valence-corrected chi connectivity index (χ1v) is 4.05. The molecule has 0 amide bonds. The minimum absolute atomic E-state index is 0.0248. The maximum absolute atomic E-state index is 11.8. The predicted octanol–water partition coefficient (Wildman–Crippen LogP) is 1.98. The summed E-state index contributed by atoms with van der Waals surface area (Å²) in [5.74, 6) is -1.10. The molecule has 0 saturated heterocycles. The van der Waals surface area contributed by atoms with Crippen LogP contribution in [0.1, 0.15) is 22.3 Å². The van der Waals surface area contributed by atoms with Gasteiger partial charge in [0, 0.05) is 18.8 Å². The van der Waals surface area contributed by atoms with E-state index < -0.39 is 12.4 Å². The van der Waals surface area contributed by atoms with Crippen LogP contribution in [0, 0.1) is 0 Å². The molecule has 0 spiro atoms. The number of carboxylic acids is 1. The Morgan fingerprint density at radius 2 is 2.21 bits per heavy atom. The van der Waals surface area contributed by atoms with E-state index in [0.717, 1.165) is 0 Å². The number of hydrogen-bond acceptors (Lipinski definition) is 2. The van der Waals surface area contributed by atoms with E-state index in [1.54, 1.807) is 0 Å². The molecule has 0 radical (unpaired) electrons. The number of rotatable bonds is 4. The Hall–Kier alpha value is -1.52. The van der Waals surface area contributed by atoms with Gasteiger partial charge in [0.1, 0.15) is 0 Å². The second-order valence-corrected chi connectivity index (χ2v) is 2.82. The van der Waals surface area contributed by atoms with Crippen molar-refractivity contribution in [3.63, 3.8) is 0 Å². The fourth-order valence-electron chi connectivity index (χ4n) is 1.02. The summed E-state index contributed by atoms with van der Waals surface area (Å²) in [6, 6.07) is 1.36. The Morgan fingerprint density at radius 1 is 1.50 bits per heavy atom. The van der Waals surface area contributed by atoms with E-state index in [1.165, 1.54) is 18.5 Å². The summed E-state index contributed by atoms with van der Waals surface area (Å²) in [6.07, 6.45) is 0.0861. The second kappa shape index (κ2) is 4.64. The number of aromatic nitrogens is 1. The van der Waals surface area contributed by atoms with Crippen LogP contribution in [0.5, 0.6) is 0 Å². The lowest BCUT2D eigenvalue weighted by atomic mass is 10.1. The zero-order valence-corrected chi connectivity index (χ0v) is 7.28. The Balaban J connectivity index is 2.69. The van der Waals surface area contributed by atoms with Gasteiger partial charge in [0.15, 0.2) is 0 Å². The standard InChI is InChI=1S/C9H9F2NO2/c10-8(11)2-1-6-3-7(9(13)14)5-12-4-6/h3-5,8H,1-2H2,(H,13,14). The number of nitrogens with zero attached hydrogens (tertiary/aromatic N) is 1. The van der Waals surface area contributed by atoms with Crippen LogP contribution in [0.3, 0.4) is 0 Å². The Kier molecular flexibility index (Phi) is 3.50. The molecule has 1 heterocycles. The molecule has 0 aliphatic rings. The summed E-state index contributed by atoms with van der Waals surface area (Å²) in [7, 11) is 0. The summed E-state index contributed by atoms with van der Waals surface area (Å²) in [5.41, 5.74) is 0.543. The van der Waals surface area contributed by atoms with Crippen molar-refractivity contribution in [3.05, 3.63) is 29.6 Å². The average molecular weight is 201 g/mol. The van der Waals surface area contributed by atoms with E-state index in [-0.39, 0.29) is 18.4 Å². The fourth-order valence-corrected chi connectivity index (χ4v) is 1.02. The first-order chi connectivity index (χ1) is 6.59. The number of aryl methyl sites for hydroxylation is 1. The molecule has 0 saturated carbocycles. The maximum atomic E-state index is 11.8. The van der Waals surface area contributed by atoms with Gasteiger partial charge in [-0.05, 0) is 18.1 Å². The highest BCUT2D eigenvalue weighted by Crippen LogP contribution is 2.09. The molecule has 0 unspecified atom stereocenters. The zero-order valence-electron chi connectivity index (χ0n) is 7.28. The first kappa shape index (κ1) is 10.6. The van der Waals surface area contributed by atoms with Crippen molar-refractivity contribution in [2.75, 3.05) is 0 Å². The molecule has 14 heavy (non-hydrogen) atoms. The number of halogens is 2. The monoisotopic (exact) mass is 201 g/mol. The lowest BCUT2D eigenvalue weighted by Gasteiger charge is -2.01. The maximum Gasteiger partial charge on any atom is 0.337 e. The van der Waals surface area contributed by atoms with Crippen molar-refractivity contribution in [1.29, 1.82) is 0 Å². The third-order valence-electron chi connectivity index (χ3n) is 1.69. The third-order valence-corrected chi connectivity index (χ3v) is 1.69. The number of carboxylic acid groups (broad SMARTS) is 1. The van der Waals surface area contributed by atoms with Crippen LogP contribution in [-0.2, 0) is 6.42 Å². The molecule has 0 atom stereocenters. The smallest absolute Gasteiger partial charge is 0.337 e. The van der Waals surface area contributed by atoms with Crippen molar-refractivity contribution in [3.8, 4) is 0 Å². The highest BCUT2D eigenvalue weighted by molar-refractivity contribution is 5.87. The molecule has 0 bridgehead atoms. The van der Waals surface area contributed by atoms with Crippen LogP contribution in [0.15, 0.2) is 18.5 Å². The molecule has 76 valence electrons. The normalized spacial score (nSPS) is 10.5. The minimum atomic E-state index is -2.37. The van der Waals surface area contributed by atoms with Crippen LogP contribution < -0.4 is 0 Å². The van der Waals surface area contributed by atoms with Crippen molar-refractivity contribution >= 4 is 5.97 Å². The van der Waals surface area contributed by atoms with Crippen molar-refractivity contribution < 1.29 is 18.7 Å². The van der Waals surface area contributed by atoms with Gasteiger partial charge in [-0.3, -0.25) is 4.98 Å². The van der Waals surface area contributed by atoms with Gasteiger partial charge >= 0.3 is 5.97 Å². The van der Waals surface area contributed by atoms with Crippen LogP contribution in [0.25, 0.3) is 0 Å². The molecule has 0 aliphatic carbocycles. The molecule has 5 heteroatoms. The lowest BCUT2D eigenvalue weighted by molar-refractivity contribution is 0.0696. The summed E-state index contributed by atoms with van der Waals surface area (Å²) in [4.78, 5) is 14.2. The Labute approximate surface area is 79.4 Å². The highest BCUT2D eigenvalue weighted by atomic mass is 19.3. The summed E-state index contributed by atoms with van der Waals surface area (Å²) in [5, 5.41) is 8.60. The van der Waals surface area contributed by atoms with E-state index in [1.807, 2.05) is 0 Å². The molecule has 1 aromatic heterocycles. The molecule has 1 rings (SSSR count). The Morgan fingerprint density at radius 3 is 2.79 bits per heavy atom. The number of alkyl halides is 2. The average Bonchev–Trinajstić information content (AvgIpc) is 2.15. The molecule has 1 aromatic rings. The molecule has 0 fully saturated rings. The van der Waals surface area contributed by atoms with Crippen molar-refractivity contribution in [2.24, 2.45) is 0 Å². The lowest BCUT2D eigenvalue weighted by Crippen LogP contribution is -2.00. The van der Waals surface area contributed by atoms with Gasteiger partial charge in [0.25, 0.3) is 0 Å². The Bertz CT molecular complexity index is 328. The van der Waals surface area contributed by atoms with Gasteiger partial charge in [-0.1, -0.05) is 0 Å². The number of pyridine rings is 1. The largest absolute Gasteiger partial charge is 0.478 e. The number of carbonyl (C=O) groups is 1. The molecule has 0 aromatic carbocycles. The van der Waals surface area contributed by atoms with Crippen LogP contribution in [0.2, 0.25) is 0 Å². The van der Waals surface area contributed by atoms with Gasteiger partial charge in [-0.25, -0.2) is 13.6 Å². The topological polar surface area (TPSA) is 50.2 Å². The molecule has 1 N–H and O–H groups in total. The van der Waals surface area contributed by atoms with E-state index in [0.29, 0.717) is 5.56 Å². The summed E-state index contributed by atoms with van der Waals surface area (Å²) >= 11 is 0. The highest BCUT2D eigenvalue weighted by Gasteiger charge is 2.06. The number of hydrogen-bond donors (Lipinski definition) is 1. The van der Waals surface area contributed by atoms with Gasteiger partial charge in [-0.15, -0.1) is 0 Å². The summed E-state index contributed by atoms with van der Waals surface area (Å²) in [6.45, 7) is 0. The molecular weight excluding hydrogens is 192 g/mol. The predicted molar refractivity (Wildman–Crippen MR) is 45.5 cm³/mol. The van der Waals surface area contributed by atoms with Gasteiger partial charge in [0.05, 0.1) is 5.56 Å². The zero-order chi connectivity index (χ0) is 10.6. The van der Waals surface area contributed by atoms with Gasteiger partial charge in [0.2, 0.25) is 6.43 Å². The molecule has 0 aliphatic heterocycles. The number of aromatic carboxylic acids is 1. The van der Waals surface area contributed by atoms with Crippen molar-refractivity contribution in [2.45, 2.75) is 19.3 Å². The van der Waals surface area contributed by atoms with E-state index in [2.05, 4.69) is 4.98 Å². The van der Waals surface area contributed by atoms with Crippen LogP contribution in [-0.4, -0.2) is 22.5 Å². The third kappa shape index (κ3) is 3.08. The molecule has 3 nitrogen and oxygen atoms in total. The van der Waals surface area contributed by atoms with E-state index in [9.17, 15) is 13.6 Å². The SMILES string of the molecule is O=C(O)c1cncc(CCC(F)F)c1. The van der Waals surface area contributed by atoms with Gasteiger partial charge < -0.3 is 5.11 Å². The van der Waals surface area contributed by atoms with Crippen LogP contribution >= 0.6 is 0 Å². The quantitative estimate of drug-likeness (QED) is 0.810. The van der Waals surface area contributed by atoms with E-state index >= 15 is 0 Å². The van der Waals surface area contributed by atoms with Crippen molar-refractivity contribution in [1.82, 2.24) is 4.98 Å². The summed E-state index contributed by atoms with van der Waals surface area (Å²) < 4.78 is 23.7. The van der Waals surface area contributed by atoms with Gasteiger partial charge in [-0.2, -0.15) is 0 Å². The molecular formula is C9H9F2NO2.